The number of ether oxygens (including phenoxy) is 1. The second-order valence-corrected chi connectivity index (χ2v) is 13.1. The first kappa shape index (κ1) is 21.9. The summed E-state index contributed by atoms with van der Waals surface area (Å²) in [6.45, 7) is 14.0. The van der Waals surface area contributed by atoms with Crippen molar-refractivity contribution >= 4 is 20.0 Å². The average Bonchev–Trinajstić information content (AvgIpc) is 2.44. The highest BCUT2D eigenvalue weighted by atomic mass is 28.3. The number of hydrogen-bond acceptors (Lipinski definition) is 4. The van der Waals surface area contributed by atoms with E-state index in [0.717, 1.165) is 11.1 Å². The van der Waals surface area contributed by atoms with Crippen molar-refractivity contribution in [1.29, 1.82) is 0 Å². The summed E-state index contributed by atoms with van der Waals surface area (Å²) in [6.07, 6.45) is 0. The number of nitrogens with one attached hydrogen (secondary N) is 1. The summed E-state index contributed by atoms with van der Waals surface area (Å²) < 4.78 is 5.24. The lowest BCUT2D eigenvalue weighted by Crippen LogP contribution is -2.31. The van der Waals surface area contributed by atoms with Crippen LogP contribution >= 0.6 is 0 Å². The van der Waals surface area contributed by atoms with Crippen molar-refractivity contribution in [2.75, 3.05) is 6.54 Å². The van der Waals surface area contributed by atoms with Crippen molar-refractivity contribution in [3.63, 3.8) is 0 Å². The highest BCUT2D eigenvalue weighted by molar-refractivity contribution is 6.83. The second kappa shape index (κ2) is 8.52. The molecule has 0 saturated carbocycles. The van der Waals surface area contributed by atoms with Gasteiger partial charge in [0.05, 0.1) is 12.1 Å². The fourth-order valence-corrected chi connectivity index (χ4v) is 2.68. The van der Waals surface area contributed by atoms with E-state index in [9.17, 15) is 14.7 Å². The van der Waals surface area contributed by atoms with Gasteiger partial charge in [0.25, 0.3) is 0 Å². The summed E-state index contributed by atoms with van der Waals surface area (Å²) in [7, 11) is -1.57. The highest BCUT2D eigenvalue weighted by Gasteiger charge is 2.16. The van der Waals surface area contributed by atoms with E-state index < -0.39 is 19.6 Å². The smallest absolute Gasteiger partial charge is 0.336 e. The Labute approximate surface area is 157 Å². The van der Waals surface area contributed by atoms with E-state index in [0.29, 0.717) is 12.1 Å². The minimum atomic E-state index is -1.57. The van der Waals surface area contributed by atoms with Crippen molar-refractivity contribution in [3.05, 3.63) is 34.4 Å². The minimum absolute atomic E-state index is 0.0590. The summed E-state index contributed by atoms with van der Waals surface area (Å²) in [5.41, 5.74) is 5.15. The molecule has 0 unspecified atom stereocenters. The largest absolute Gasteiger partial charge is 0.478 e. The van der Waals surface area contributed by atoms with Crippen LogP contribution in [0.25, 0.3) is 0 Å². The molecule has 0 radical (unpaired) electrons. The van der Waals surface area contributed by atoms with Crippen LogP contribution in [0.3, 0.4) is 0 Å². The standard InChI is InChI=1S/C20H29NO4Si/c1-14-16(8-9-26(5,6)7)10-15(11-17(14)19(23)24)12-21-13-18(22)25-20(2,3)4/h10-11,21H,12-13H2,1-7H3,(H,23,24). The Bertz CT molecular complexity index is 746. The summed E-state index contributed by atoms with van der Waals surface area (Å²) in [4.78, 5) is 23.3. The molecular formula is C20H29NO4Si. The van der Waals surface area contributed by atoms with Crippen LogP contribution in [0.2, 0.25) is 19.6 Å². The number of esters is 1. The zero-order valence-electron chi connectivity index (χ0n) is 16.7. The van der Waals surface area contributed by atoms with Gasteiger partial charge in [-0.25, -0.2) is 4.79 Å². The zero-order valence-corrected chi connectivity index (χ0v) is 17.7. The maximum Gasteiger partial charge on any atom is 0.336 e. The molecule has 5 nitrogen and oxygen atoms in total. The number of rotatable bonds is 5. The number of carboxylic acid groups (broad SMARTS) is 1. The van der Waals surface area contributed by atoms with Crippen LogP contribution in [0.5, 0.6) is 0 Å². The highest BCUT2D eigenvalue weighted by Crippen LogP contribution is 2.17. The Balaban J connectivity index is 2.98. The summed E-state index contributed by atoms with van der Waals surface area (Å²) in [5, 5.41) is 12.5. The Morgan fingerprint density at radius 2 is 1.85 bits per heavy atom. The van der Waals surface area contributed by atoms with Crippen LogP contribution < -0.4 is 5.32 Å². The summed E-state index contributed by atoms with van der Waals surface area (Å²) in [6, 6.07) is 3.51. The molecule has 0 aromatic heterocycles. The van der Waals surface area contributed by atoms with Gasteiger partial charge in [-0.2, -0.15) is 0 Å². The molecule has 1 aromatic rings. The predicted octanol–water partition coefficient (Wildman–Crippen LogP) is 3.35. The van der Waals surface area contributed by atoms with Gasteiger partial charge in [0.15, 0.2) is 0 Å². The van der Waals surface area contributed by atoms with Crippen LogP contribution in [-0.2, 0) is 16.1 Å². The van der Waals surface area contributed by atoms with E-state index in [1.54, 1.807) is 13.0 Å². The number of aromatic carboxylic acids is 1. The van der Waals surface area contributed by atoms with Gasteiger partial charge in [0, 0.05) is 12.1 Å². The van der Waals surface area contributed by atoms with Crippen molar-refractivity contribution in [1.82, 2.24) is 5.32 Å². The van der Waals surface area contributed by atoms with Gasteiger partial charge in [-0.1, -0.05) is 25.6 Å². The molecule has 0 aliphatic rings. The van der Waals surface area contributed by atoms with Gasteiger partial charge in [-0.05, 0) is 51.0 Å². The summed E-state index contributed by atoms with van der Waals surface area (Å²) >= 11 is 0. The number of hydrogen-bond donors (Lipinski definition) is 2. The van der Waals surface area contributed by atoms with Crippen molar-refractivity contribution in [2.45, 2.75) is 59.5 Å². The van der Waals surface area contributed by atoms with Crippen LogP contribution in [-0.4, -0.2) is 37.3 Å². The van der Waals surface area contributed by atoms with Crippen molar-refractivity contribution in [2.24, 2.45) is 0 Å². The van der Waals surface area contributed by atoms with Gasteiger partial charge < -0.3 is 15.2 Å². The third-order valence-corrected chi connectivity index (χ3v) is 4.16. The third-order valence-electron chi connectivity index (χ3n) is 3.29. The van der Waals surface area contributed by atoms with E-state index in [1.165, 1.54) is 0 Å². The Morgan fingerprint density at radius 1 is 1.23 bits per heavy atom. The monoisotopic (exact) mass is 375 g/mol. The molecule has 26 heavy (non-hydrogen) atoms. The minimum Gasteiger partial charge on any atom is -0.478 e. The lowest BCUT2D eigenvalue weighted by Gasteiger charge is -2.19. The predicted molar refractivity (Wildman–Crippen MR) is 106 cm³/mol. The molecule has 0 aliphatic carbocycles. The molecule has 0 amide bonds. The molecule has 0 atom stereocenters. The molecule has 0 aliphatic heterocycles. The third kappa shape index (κ3) is 7.85. The second-order valence-electron chi connectivity index (χ2n) is 8.31. The molecule has 142 valence electrons. The molecular weight excluding hydrogens is 346 g/mol. The molecule has 6 heteroatoms. The van der Waals surface area contributed by atoms with Gasteiger partial charge in [0.1, 0.15) is 13.7 Å². The molecule has 1 aromatic carbocycles. The SMILES string of the molecule is Cc1c(C#C[Si](C)(C)C)cc(CNCC(=O)OC(C)(C)C)cc1C(=O)O. The maximum atomic E-state index is 11.8. The molecule has 0 saturated heterocycles. The molecule has 1 rings (SSSR count). The van der Waals surface area contributed by atoms with Gasteiger partial charge in [0.2, 0.25) is 0 Å². The normalized spacial score (nSPS) is 11.5. The number of benzene rings is 1. The topological polar surface area (TPSA) is 75.6 Å². The van der Waals surface area contributed by atoms with Gasteiger partial charge in [-0.3, -0.25) is 4.79 Å². The Kier molecular flexibility index (Phi) is 7.19. The first-order valence-electron chi connectivity index (χ1n) is 8.61. The fourth-order valence-electron chi connectivity index (χ4n) is 2.17. The van der Waals surface area contributed by atoms with E-state index in [1.807, 2.05) is 26.8 Å². The molecule has 0 fully saturated rings. The van der Waals surface area contributed by atoms with Crippen molar-refractivity contribution in [3.8, 4) is 11.5 Å². The first-order chi connectivity index (χ1) is 11.8. The molecule has 0 bridgehead atoms. The van der Waals surface area contributed by atoms with Gasteiger partial charge in [-0.15, -0.1) is 5.54 Å². The molecule has 0 heterocycles. The number of carboxylic acids is 1. The Morgan fingerprint density at radius 3 is 2.35 bits per heavy atom. The van der Waals surface area contributed by atoms with E-state index >= 15 is 0 Å². The van der Waals surface area contributed by atoms with Crippen LogP contribution in [0.4, 0.5) is 0 Å². The molecule has 2 N–H and O–H groups in total. The lowest BCUT2D eigenvalue weighted by atomic mass is 9.99. The zero-order chi connectivity index (χ0) is 20.1. The fraction of sp³-hybridized carbons (Fsp3) is 0.500. The molecule has 0 spiro atoms. The average molecular weight is 376 g/mol. The Hall–Kier alpha value is -2.10. The summed E-state index contributed by atoms with van der Waals surface area (Å²) in [5.74, 6) is 1.82. The van der Waals surface area contributed by atoms with Crippen LogP contribution in [0, 0.1) is 18.4 Å². The maximum absolute atomic E-state index is 11.8. The van der Waals surface area contributed by atoms with Crippen LogP contribution in [0.15, 0.2) is 12.1 Å². The lowest BCUT2D eigenvalue weighted by molar-refractivity contribution is -0.153. The van der Waals surface area contributed by atoms with E-state index in [2.05, 4.69) is 36.4 Å². The quantitative estimate of drug-likeness (QED) is 0.469. The first-order valence-corrected chi connectivity index (χ1v) is 12.1. The van der Waals surface area contributed by atoms with E-state index in [4.69, 9.17) is 4.74 Å². The van der Waals surface area contributed by atoms with Gasteiger partial charge >= 0.3 is 11.9 Å². The van der Waals surface area contributed by atoms with E-state index in [-0.39, 0.29) is 18.1 Å². The van der Waals surface area contributed by atoms with Crippen molar-refractivity contribution < 1.29 is 19.4 Å². The number of carbonyl (C=O) groups is 2. The van der Waals surface area contributed by atoms with Crippen LogP contribution in [0.1, 0.15) is 47.8 Å². The number of carbonyl (C=O) groups excluding carboxylic acids is 1.